The Labute approximate surface area is 188 Å². The highest BCUT2D eigenvalue weighted by Gasteiger charge is 2.16. The summed E-state index contributed by atoms with van der Waals surface area (Å²) in [7, 11) is 0. The van der Waals surface area contributed by atoms with Crippen LogP contribution in [0.15, 0.2) is 67.0 Å². The lowest BCUT2D eigenvalue weighted by Gasteiger charge is -2.30. The molecule has 4 N–H and O–H groups in total. The molecule has 2 aromatic heterocycles. The summed E-state index contributed by atoms with van der Waals surface area (Å²) in [6.07, 6.45) is 3.79. The Balaban J connectivity index is 1.33. The average Bonchev–Trinajstić information content (AvgIpc) is 3.27. The van der Waals surface area contributed by atoms with Crippen molar-refractivity contribution >= 4 is 16.9 Å². The van der Waals surface area contributed by atoms with Crippen molar-refractivity contribution in [3.8, 4) is 11.3 Å². The van der Waals surface area contributed by atoms with Crippen LogP contribution in [-0.4, -0.2) is 39.0 Å². The van der Waals surface area contributed by atoms with Gasteiger partial charge in [0.05, 0.1) is 5.39 Å². The molecule has 6 heteroatoms. The first-order valence-electron chi connectivity index (χ1n) is 11.4. The maximum absolute atomic E-state index is 6.03. The van der Waals surface area contributed by atoms with Crippen LogP contribution in [0.5, 0.6) is 0 Å². The van der Waals surface area contributed by atoms with E-state index in [1.165, 1.54) is 11.1 Å². The molecule has 1 aliphatic heterocycles. The van der Waals surface area contributed by atoms with Crippen LogP contribution in [0.25, 0.3) is 22.3 Å². The Morgan fingerprint density at radius 1 is 1.06 bits per heavy atom. The van der Waals surface area contributed by atoms with Gasteiger partial charge in [0.2, 0.25) is 0 Å². The molecule has 1 aliphatic rings. The number of benzene rings is 2. The summed E-state index contributed by atoms with van der Waals surface area (Å²) in [4.78, 5) is 14.9. The molecule has 3 heterocycles. The zero-order valence-corrected chi connectivity index (χ0v) is 18.5. The van der Waals surface area contributed by atoms with Gasteiger partial charge in [0, 0.05) is 24.3 Å². The molecule has 0 unspecified atom stereocenters. The second-order valence-electron chi connectivity index (χ2n) is 8.75. The minimum atomic E-state index is 0.149. The summed E-state index contributed by atoms with van der Waals surface area (Å²) >= 11 is 0. The van der Waals surface area contributed by atoms with E-state index in [0.717, 1.165) is 60.6 Å². The van der Waals surface area contributed by atoms with Crippen molar-refractivity contribution in [3.63, 3.8) is 0 Å². The van der Waals surface area contributed by atoms with Gasteiger partial charge in [-0.3, -0.25) is 4.90 Å². The SMILES string of the molecule is C[C@@H](Nc1ncnc2[nH]c(-c3ccc(CN4CCC(N)CC4)cc3)cc12)c1ccccc1. The van der Waals surface area contributed by atoms with E-state index < -0.39 is 0 Å². The fourth-order valence-corrected chi connectivity index (χ4v) is 4.40. The number of nitrogens with two attached hydrogens (primary N) is 1. The summed E-state index contributed by atoms with van der Waals surface area (Å²) < 4.78 is 0. The Morgan fingerprint density at radius 2 is 1.81 bits per heavy atom. The van der Waals surface area contributed by atoms with E-state index in [1.54, 1.807) is 6.33 Å². The molecule has 0 saturated carbocycles. The van der Waals surface area contributed by atoms with Crippen LogP contribution < -0.4 is 11.1 Å². The summed E-state index contributed by atoms with van der Waals surface area (Å²) in [5, 5.41) is 4.54. The van der Waals surface area contributed by atoms with Crippen molar-refractivity contribution in [1.82, 2.24) is 19.9 Å². The molecule has 32 heavy (non-hydrogen) atoms. The van der Waals surface area contributed by atoms with Gasteiger partial charge in [0.1, 0.15) is 17.8 Å². The normalized spacial score (nSPS) is 16.3. The zero-order valence-electron chi connectivity index (χ0n) is 18.5. The number of fused-ring (bicyclic) bond motifs is 1. The van der Waals surface area contributed by atoms with E-state index in [-0.39, 0.29) is 6.04 Å². The number of nitrogens with zero attached hydrogens (tertiary/aromatic N) is 3. The van der Waals surface area contributed by atoms with Crippen molar-refractivity contribution in [1.29, 1.82) is 0 Å². The maximum atomic E-state index is 6.03. The predicted molar refractivity (Wildman–Crippen MR) is 130 cm³/mol. The van der Waals surface area contributed by atoms with Gasteiger partial charge in [0.15, 0.2) is 0 Å². The zero-order chi connectivity index (χ0) is 21.9. The summed E-state index contributed by atoms with van der Waals surface area (Å²) in [5.74, 6) is 0.841. The lowest BCUT2D eigenvalue weighted by atomic mass is 10.0. The second-order valence-corrected chi connectivity index (χ2v) is 8.75. The quantitative estimate of drug-likeness (QED) is 0.415. The Kier molecular flexibility index (Phi) is 5.88. The molecular weight excluding hydrogens is 396 g/mol. The van der Waals surface area contributed by atoms with Gasteiger partial charge < -0.3 is 16.0 Å². The Bertz CT molecular complexity index is 1160. The van der Waals surface area contributed by atoms with Gasteiger partial charge in [-0.2, -0.15) is 0 Å². The topological polar surface area (TPSA) is 82.9 Å². The fraction of sp³-hybridized carbons (Fsp3) is 0.308. The number of anilines is 1. The summed E-state index contributed by atoms with van der Waals surface area (Å²) in [6, 6.07) is 21.9. The minimum absolute atomic E-state index is 0.149. The van der Waals surface area contributed by atoms with Crippen molar-refractivity contribution in [2.75, 3.05) is 18.4 Å². The predicted octanol–water partition coefficient (Wildman–Crippen LogP) is 4.72. The van der Waals surface area contributed by atoms with Crippen molar-refractivity contribution in [2.45, 2.75) is 38.4 Å². The van der Waals surface area contributed by atoms with E-state index in [2.05, 4.69) is 86.7 Å². The highest BCUT2D eigenvalue weighted by Crippen LogP contribution is 2.29. The molecule has 6 nitrogen and oxygen atoms in total. The van der Waals surface area contributed by atoms with Gasteiger partial charge in [-0.25, -0.2) is 9.97 Å². The largest absolute Gasteiger partial charge is 0.363 e. The van der Waals surface area contributed by atoms with Crippen LogP contribution in [0.2, 0.25) is 0 Å². The first-order valence-corrected chi connectivity index (χ1v) is 11.4. The van der Waals surface area contributed by atoms with E-state index in [9.17, 15) is 0 Å². The van der Waals surface area contributed by atoms with Crippen molar-refractivity contribution in [3.05, 3.63) is 78.1 Å². The number of rotatable bonds is 6. The Hall–Kier alpha value is -3.22. The molecule has 0 spiro atoms. The fourth-order valence-electron chi connectivity index (χ4n) is 4.40. The van der Waals surface area contributed by atoms with Gasteiger partial charge >= 0.3 is 0 Å². The number of piperidine rings is 1. The number of hydrogen-bond donors (Lipinski definition) is 3. The van der Waals surface area contributed by atoms with Crippen LogP contribution in [0, 0.1) is 0 Å². The molecule has 164 valence electrons. The molecule has 0 aliphatic carbocycles. The van der Waals surface area contributed by atoms with Crippen LogP contribution in [-0.2, 0) is 6.54 Å². The molecule has 4 aromatic rings. The first-order chi connectivity index (χ1) is 15.7. The van der Waals surface area contributed by atoms with Gasteiger partial charge in [-0.15, -0.1) is 0 Å². The molecule has 1 saturated heterocycles. The molecular formula is C26H30N6. The second kappa shape index (κ2) is 9.10. The number of likely N-dealkylation sites (tertiary alicyclic amines) is 1. The van der Waals surface area contributed by atoms with Crippen LogP contribution in [0.4, 0.5) is 5.82 Å². The highest BCUT2D eigenvalue weighted by molar-refractivity contribution is 5.91. The number of aromatic nitrogens is 3. The van der Waals surface area contributed by atoms with Gasteiger partial charge in [0.25, 0.3) is 0 Å². The molecule has 0 bridgehead atoms. The third kappa shape index (κ3) is 4.52. The maximum Gasteiger partial charge on any atom is 0.143 e. The summed E-state index contributed by atoms with van der Waals surface area (Å²) in [6.45, 7) is 5.30. The van der Waals surface area contributed by atoms with Gasteiger partial charge in [-0.05, 0) is 55.6 Å². The molecule has 0 radical (unpaired) electrons. The van der Waals surface area contributed by atoms with Crippen molar-refractivity contribution in [2.24, 2.45) is 5.73 Å². The number of hydrogen-bond acceptors (Lipinski definition) is 5. The van der Waals surface area contributed by atoms with E-state index in [4.69, 9.17) is 5.73 Å². The third-order valence-corrected chi connectivity index (χ3v) is 6.38. The van der Waals surface area contributed by atoms with Crippen LogP contribution >= 0.6 is 0 Å². The average molecular weight is 427 g/mol. The molecule has 5 rings (SSSR count). The Morgan fingerprint density at radius 3 is 2.56 bits per heavy atom. The monoisotopic (exact) mass is 426 g/mol. The van der Waals surface area contributed by atoms with Crippen LogP contribution in [0.3, 0.4) is 0 Å². The molecule has 1 atom stereocenters. The van der Waals surface area contributed by atoms with Crippen molar-refractivity contribution < 1.29 is 0 Å². The van der Waals surface area contributed by atoms with Crippen LogP contribution in [0.1, 0.15) is 36.9 Å². The first kappa shape index (κ1) is 20.7. The lowest BCUT2D eigenvalue weighted by Crippen LogP contribution is -2.39. The standard InChI is InChI=1S/C26H30N6/c1-18(20-5-3-2-4-6-20)30-25-23-15-24(31-26(23)29-17-28-25)21-9-7-19(8-10-21)16-32-13-11-22(27)12-14-32/h2-10,15,17-18,22H,11-14,16,27H2,1H3,(H2,28,29,30,31)/t18-/m1/s1. The molecule has 1 fully saturated rings. The molecule has 0 amide bonds. The number of aromatic amines is 1. The van der Waals surface area contributed by atoms with Gasteiger partial charge in [-0.1, -0.05) is 54.6 Å². The summed E-state index contributed by atoms with van der Waals surface area (Å²) in [5.41, 5.74) is 11.6. The number of nitrogens with one attached hydrogen (secondary N) is 2. The molecule has 2 aromatic carbocycles. The van der Waals surface area contributed by atoms with E-state index in [1.807, 2.05) is 6.07 Å². The van der Waals surface area contributed by atoms with E-state index in [0.29, 0.717) is 6.04 Å². The lowest BCUT2D eigenvalue weighted by molar-refractivity contribution is 0.205. The minimum Gasteiger partial charge on any atom is -0.363 e. The smallest absolute Gasteiger partial charge is 0.143 e. The number of H-pyrrole nitrogens is 1. The highest BCUT2D eigenvalue weighted by atomic mass is 15.1. The van der Waals surface area contributed by atoms with E-state index >= 15 is 0 Å². The third-order valence-electron chi connectivity index (χ3n) is 6.38.